The monoisotopic (exact) mass is 378 g/mol. The highest BCUT2D eigenvalue weighted by Gasteiger charge is 2.53. The molecular formula is C21H30O4S. The van der Waals surface area contributed by atoms with Gasteiger partial charge in [-0.3, -0.25) is 4.79 Å². The van der Waals surface area contributed by atoms with Crippen molar-refractivity contribution in [1.82, 2.24) is 0 Å². The van der Waals surface area contributed by atoms with Crippen LogP contribution in [0.3, 0.4) is 0 Å². The van der Waals surface area contributed by atoms with Crippen LogP contribution in [0.4, 0.5) is 0 Å². The largest absolute Gasteiger partial charge is 0.373 e. The zero-order valence-corrected chi connectivity index (χ0v) is 17.0. The van der Waals surface area contributed by atoms with Crippen LogP contribution in [0.1, 0.15) is 53.4 Å². The van der Waals surface area contributed by atoms with Gasteiger partial charge in [-0.2, -0.15) is 0 Å². The summed E-state index contributed by atoms with van der Waals surface area (Å²) in [6, 6.07) is 8.47. The van der Waals surface area contributed by atoms with Gasteiger partial charge in [0.2, 0.25) is 0 Å². The Kier molecular flexibility index (Phi) is 5.08. The summed E-state index contributed by atoms with van der Waals surface area (Å²) >= 11 is 0. The van der Waals surface area contributed by atoms with Crippen LogP contribution in [0.25, 0.3) is 0 Å². The molecule has 1 aromatic rings. The summed E-state index contributed by atoms with van der Waals surface area (Å²) in [6.07, 6.45) is 3.09. The van der Waals surface area contributed by atoms with Gasteiger partial charge in [-0.1, -0.05) is 25.1 Å². The second kappa shape index (κ2) is 6.75. The van der Waals surface area contributed by atoms with E-state index in [1.165, 1.54) is 0 Å². The maximum absolute atomic E-state index is 12.9. The summed E-state index contributed by atoms with van der Waals surface area (Å²) in [5.74, 6) is -0.330. The maximum Gasteiger partial charge on any atom is 0.179 e. The SMILES string of the molecule is CC(C)(C)OC1CC2C(CS(=O)(=O)c3ccccc3)C(=O)CC[C@@]2(C)C1. The fraction of sp³-hybridized carbons (Fsp3) is 0.667. The van der Waals surface area contributed by atoms with Gasteiger partial charge in [-0.15, -0.1) is 0 Å². The predicted octanol–water partition coefficient (Wildman–Crippen LogP) is 4.04. The summed E-state index contributed by atoms with van der Waals surface area (Å²) in [7, 11) is -3.47. The molecular weight excluding hydrogens is 348 g/mol. The summed E-state index contributed by atoms with van der Waals surface area (Å²) in [6.45, 7) is 8.33. The van der Waals surface area contributed by atoms with Crippen molar-refractivity contribution >= 4 is 15.6 Å². The van der Waals surface area contributed by atoms with Crippen molar-refractivity contribution < 1.29 is 17.9 Å². The Balaban J connectivity index is 1.83. The van der Waals surface area contributed by atoms with Crippen LogP contribution >= 0.6 is 0 Å². The van der Waals surface area contributed by atoms with E-state index in [1.54, 1.807) is 30.3 Å². The van der Waals surface area contributed by atoms with Gasteiger partial charge in [0, 0.05) is 12.3 Å². The lowest BCUT2D eigenvalue weighted by Gasteiger charge is -2.40. The molecule has 5 heteroatoms. The van der Waals surface area contributed by atoms with Gasteiger partial charge in [0.15, 0.2) is 9.84 Å². The zero-order valence-electron chi connectivity index (χ0n) is 16.2. The molecule has 1 aromatic carbocycles. The Morgan fingerprint density at radius 1 is 1.19 bits per heavy atom. The molecule has 0 aromatic heterocycles. The molecule has 0 saturated heterocycles. The highest BCUT2D eigenvalue weighted by molar-refractivity contribution is 7.91. The highest BCUT2D eigenvalue weighted by atomic mass is 32.2. The lowest BCUT2D eigenvalue weighted by Crippen LogP contribution is -2.42. The number of carbonyl (C=O) groups is 1. The van der Waals surface area contributed by atoms with Crippen LogP contribution < -0.4 is 0 Å². The fourth-order valence-electron chi connectivity index (χ4n) is 4.84. The third kappa shape index (κ3) is 4.04. The van der Waals surface area contributed by atoms with Crippen LogP contribution in [0, 0.1) is 17.3 Å². The van der Waals surface area contributed by atoms with Crippen molar-refractivity contribution in [3.63, 3.8) is 0 Å². The van der Waals surface area contributed by atoms with E-state index in [0.717, 1.165) is 19.3 Å². The van der Waals surface area contributed by atoms with Crippen molar-refractivity contribution in [2.45, 2.75) is 70.0 Å². The van der Waals surface area contributed by atoms with Gasteiger partial charge < -0.3 is 4.74 Å². The average Bonchev–Trinajstić information content (AvgIpc) is 2.86. The molecule has 3 rings (SSSR count). The minimum atomic E-state index is -3.47. The average molecular weight is 379 g/mol. The number of fused-ring (bicyclic) bond motifs is 1. The first-order valence-electron chi connectivity index (χ1n) is 9.49. The first kappa shape index (κ1) is 19.6. The quantitative estimate of drug-likeness (QED) is 0.793. The molecule has 0 amide bonds. The van der Waals surface area contributed by atoms with E-state index in [0.29, 0.717) is 11.3 Å². The first-order valence-corrected chi connectivity index (χ1v) is 11.1. The molecule has 2 aliphatic carbocycles. The maximum atomic E-state index is 12.9. The van der Waals surface area contributed by atoms with Crippen molar-refractivity contribution in [1.29, 1.82) is 0 Å². The third-order valence-corrected chi connectivity index (χ3v) is 7.76. The molecule has 0 heterocycles. The van der Waals surface area contributed by atoms with Crippen LogP contribution in [0.5, 0.6) is 0 Å². The normalized spacial score (nSPS) is 32.5. The van der Waals surface area contributed by atoms with Crippen LogP contribution in [-0.2, 0) is 19.4 Å². The second-order valence-corrected chi connectivity index (χ2v) is 11.3. The Labute approximate surface area is 157 Å². The summed E-state index contributed by atoms with van der Waals surface area (Å²) < 4.78 is 31.9. The Morgan fingerprint density at radius 2 is 1.85 bits per heavy atom. The molecule has 3 unspecified atom stereocenters. The van der Waals surface area contributed by atoms with E-state index >= 15 is 0 Å². The van der Waals surface area contributed by atoms with Gasteiger partial charge in [-0.25, -0.2) is 8.42 Å². The minimum Gasteiger partial charge on any atom is -0.373 e. The smallest absolute Gasteiger partial charge is 0.179 e. The molecule has 0 N–H and O–H groups in total. The van der Waals surface area contributed by atoms with E-state index in [4.69, 9.17) is 4.74 Å². The van der Waals surface area contributed by atoms with E-state index in [9.17, 15) is 13.2 Å². The molecule has 0 spiro atoms. The van der Waals surface area contributed by atoms with Gasteiger partial charge in [0.1, 0.15) is 5.78 Å². The molecule has 144 valence electrons. The van der Waals surface area contributed by atoms with Crippen molar-refractivity contribution in [2.24, 2.45) is 17.3 Å². The van der Waals surface area contributed by atoms with E-state index in [2.05, 4.69) is 6.92 Å². The number of rotatable bonds is 4. The van der Waals surface area contributed by atoms with Crippen LogP contribution in [-0.4, -0.2) is 31.7 Å². The topological polar surface area (TPSA) is 60.4 Å². The molecule has 0 radical (unpaired) electrons. The molecule has 2 fully saturated rings. The standard InChI is InChI=1S/C21H30O4S/c1-20(2,3)25-15-12-18-17(19(22)10-11-21(18,4)13-15)14-26(23,24)16-8-6-5-7-9-16/h5-9,15,17-18H,10-14H2,1-4H3/t15?,17?,18?,21-/m0/s1. The lowest BCUT2D eigenvalue weighted by atomic mass is 9.64. The van der Waals surface area contributed by atoms with Crippen LogP contribution in [0.15, 0.2) is 35.2 Å². The molecule has 0 bridgehead atoms. The lowest BCUT2D eigenvalue weighted by molar-refractivity contribution is -0.129. The molecule has 4 nitrogen and oxygen atoms in total. The van der Waals surface area contributed by atoms with Crippen molar-refractivity contribution in [3.05, 3.63) is 30.3 Å². The van der Waals surface area contributed by atoms with Gasteiger partial charge >= 0.3 is 0 Å². The number of sulfone groups is 1. The first-order chi connectivity index (χ1) is 12.0. The van der Waals surface area contributed by atoms with E-state index in [-0.39, 0.29) is 34.6 Å². The van der Waals surface area contributed by atoms with Crippen molar-refractivity contribution in [2.75, 3.05) is 5.75 Å². The molecule has 2 aliphatic rings. The van der Waals surface area contributed by atoms with E-state index in [1.807, 2.05) is 20.8 Å². The highest BCUT2D eigenvalue weighted by Crippen LogP contribution is 2.55. The third-order valence-electron chi connectivity index (χ3n) is 5.97. The summed E-state index contributed by atoms with van der Waals surface area (Å²) in [4.78, 5) is 13.0. The summed E-state index contributed by atoms with van der Waals surface area (Å²) in [5.41, 5.74) is -0.245. The van der Waals surface area contributed by atoms with Crippen molar-refractivity contribution in [3.8, 4) is 0 Å². The zero-order chi connectivity index (χ0) is 19.2. The fourth-order valence-corrected chi connectivity index (χ4v) is 6.49. The predicted molar refractivity (Wildman–Crippen MR) is 102 cm³/mol. The molecule has 26 heavy (non-hydrogen) atoms. The number of carbonyl (C=O) groups excluding carboxylic acids is 1. The molecule has 0 aliphatic heterocycles. The number of benzene rings is 1. The van der Waals surface area contributed by atoms with E-state index < -0.39 is 15.8 Å². The number of hydrogen-bond donors (Lipinski definition) is 0. The second-order valence-electron chi connectivity index (χ2n) is 9.22. The number of ether oxygens (including phenoxy) is 1. The Bertz CT molecular complexity index is 763. The van der Waals surface area contributed by atoms with Crippen LogP contribution in [0.2, 0.25) is 0 Å². The summed E-state index contributed by atoms with van der Waals surface area (Å²) in [5, 5.41) is 0. The Hall–Kier alpha value is -1.20. The van der Waals surface area contributed by atoms with Gasteiger partial charge in [0.05, 0.1) is 22.4 Å². The molecule has 4 atom stereocenters. The number of ketones is 1. The van der Waals surface area contributed by atoms with Gasteiger partial charge in [-0.05, 0) is 63.5 Å². The minimum absolute atomic E-state index is 0.0132. The van der Waals surface area contributed by atoms with Gasteiger partial charge in [0.25, 0.3) is 0 Å². The number of hydrogen-bond acceptors (Lipinski definition) is 4. The molecule has 2 saturated carbocycles. The Morgan fingerprint density at radius 3 is 2.46 bits per heavy atom. The number of Topliss-reactive ketones (excluding diaryl/α,β-unsaturated/α-hetero) is 1.